The van der Waals surface area contributed by atoms with E-state index in [0.717, 1.165) is 11.3 Å². The Morgan fingerprint density at radius 1 is 1.14 bits per heavy atom. The van der Waals surface area contributed by atoms with Crippen LogP contribution in [-0.4, -0.2) is 39.7 Å². The molecule has 1 heterocycles. The molecule has 1 aromatic rings. The van der Waals surface area contributed by atoms with Crippen LogP contribution in [0.1, 0.15) is 26.3 Å². The van der Waals surface area contributed by atoms with Crippen molar-refractivity contribution in [1.29, 1.82) is 0 Å². The van der Waals surface area contributed by atoms with Gasteiger partial charge in [0.25, 0.3) is 0 Å². The number of rotatable bonds is 4. The minimum atomic E-state index is -0.364. The molecular weight excluding hydrogens is 300 g/mol. The van der Waals surface area contributed by atoms with Crippen molar-refractivity contribution >= 4 is 35.2 Å². The van der Waals surface area contributed by atoms with Crippen LogP contribution in [0.15, 0.2) is 24.3 Å². The molecule has 1 N–H and O–H groups in total. The summed E-state index contributed by atoms with van der Waals surface area (Å²) in [5.74, 6) is -0.966. The molecule has 2 rings (SSSR count). The van der Waals surface area contributed by atoms with Gasteiger partial charge in [-0.1, -0.05) is 19.1 Å². The number of nitrogens with zero attached hydrogens (tertiary/aromatic N) is 1. The van der Waals surface area contributed by atoms with Gasteiger partial charge in [-0.25, -0.2) is 0 Å². The molecule has 1 aliphatic rings. The van der Waals surface area contributed by atoms with E-state index in [1.165, 1.54) is 17.3 Å². The van der Waals surface area contributed by atoms with Crippen molar-refractivity contribution in [3.05, 3.63) is 29.8 Å². The van der Waals surface area contributed by atoms with Crippen molar-refractivity contribution in [2.45, 2.75) is 37.7 Å². The minimum absolute atomic E-state index is 0.234. The van der Waals surface area contributed by atoms with Crippen LogP contribution in [0, 0.1) is 0 Å². The Balaban J connectivity index is 2.00. The van der Waals surface area contributed by atoms with Crippen LogP contribution in [0.3, 0.4) is 0 Å². The van der Waals surface area contributed by atoms with Gasteiger partial charge in [-0.2, -0.15) is 0 Å². The molecule has 1 aromatic carbocycles. The van der Waals surface area contributed by atoms with Crippen LogP contribution in [0.4, 0.5) is 5.69 Å². The van der Waals surface area contributed by atoms with Crippen molar-refractivity contribution < 1.29 is 14.4 Å². The van der Waals surface area contributed by atoms with E-state index in [1.54, 1.807) is 13.8 Å². The van der Waals surface area contributed by atoms with E-state index in [9.17, 15) is 14.4 Å². The molecule has 22 heavy (non-hydrogen) atoms. The topological polar surface area (TPSA) is 66.5 Å². The fourth-order valence-electron chi connectivity index (χ4n) is 2.29. The van der Waals surface area contributed by atoms with Gasteiger partial charge in [0.05, 0.1) is 10.5 Å². The van der Waals surface area contributed by atoms with Gasteiger partial charge in [-0.05, 0) is 38.0 Å². The van der Waals surface area contributed by atoms with E-state index in [-0.39, 0.29) is 34.8 Å². The predicted molar refractivity (Wildman–Crippen MR) is 87.7 cm³/mol. The number of hydrogen-bond acceptors (Lipinski definition) is 4. The maximum absolute atomic E-state index is 12.1. The first kappa shape index (κ1) is 16.5. The molecule has 0 bridgehead atoms. The summed E-state index contributed by atoms with van der Waals surface area (Å²) in [6.07, 6.45) is 0.929. The van der Waals surface area contributed by atoms with Crippen LogP contribution >= 0.6 is 11.8 Å². The first-order valence-electron chi connectivity index (χ1n) is 7.31. The SMILES string of the molecule is CCc1ccc(NC(=O)CN2C(=O)[C@@H](C)S[C@H](C)C2=O)cc1. The molecule has 0 saturated carbocycles. The molecule has 0 unspecified atom stereocenters. The van der Waals surface area contributed by atoms with E-state index >= 15 is 0 Å². The second kappa shape index (κ2) is 6.96. The lowest BCUT2D eigenvalue weighted by Gasteiger charge is -2.31. The third kappa shape index (κ3) is 3.68. The highest BCUT2D eigenvalue weighted by Crippen LogP contribution is 2.26. The summed E-state index contributed by atoms with van der Waals surface area (Å²) in [6.45, 7) is 5.33. The molecule has 6 heteroatoms. The van der Waals surface area contributed by atoms with Crippen LogP contribution in [0.2, 0.25) is 0 Å². The second-order valence-electron chi connectivity index (χ2n) is 5.28. The van der Waals surface area contributed by atoms with Gasteiger partial charge < -0.3 is 5.32 Å². The number of aryl methyl sites for hydroxylation is 1. The molecule has 0 aromatic heterocycles. The standard InChI is InChI=1S/C16H20N2O3S/c1-4-12-5-7-13(8-6-12)17-14(19)9-18-15(20)10(2)22-11(3)16(18)21/h5-8,10-11H,4,9H2,1-3H3,(H,17,19)/t10-,11-/m1/s1. The molecule has 1 saturated heterocycles. The second-order valence-corrected chi connectivity index (χ2v) is 6.97. The number of nitrogens with one attached hydrogen (secondary N) is 1. The molecule has 118 valence electrons. The maximum atomic E-state index is 12.1. The monoisotopic (exact) mass is 320 g/mol. The Kier molecular flexibility index (Phi) is 5.24. The summed E-state index contributed by atoms with van der Waals surface area (Å²) in [5.41, 5.74) is 1.84. The summed E-state index contributed by atoms with van der Waals surface area (Å²) in [6, 6.07) is 7.51. The maximum Gasteiger partial charge on any atom is 0.244 e. The number of thioether (sulfide) groups is 1. The fraction of sp³-hybridized carbons (Fsp3) is 0.438. The Morgan fingerprint density at radius 2 is 1.68 bits per heavy atom. The lowest BCUT2D eigenvalue weighted by Crippen LogP contribution is -2.52. The third-order valence-electron chi connectivity index (χ3n) is 3.58. The third-order valence-corrected chi connectivity index (χ3v) is 4.80. The Hall–Kier alpha value is -1.82. The number of benzene rings is 1. The van der Waals surface area contributed by atoms with E-state index in [4.69, 9.17) is 0 Å². The molecular formula is C16H20N2O3S. The van der Waals surface area contributed by atoms with Gasteiger partial charge >= 0.3 is 0 Å². The molecule has 0 spiro atoms. The quantitative estimate of drug-likeness (QED) is 0.863. The highest BCUT2D eigenvalue weighted by molar-refractivity contribution is 8.02. The number of carbonyl (C=O) groups is 3. The summed E-state index contributed by atoms with van der Waals surface area (Å²) in [4.78, 5) is 37.2. The lowest BCUT2D eigenvalue weighted by atomic mass is 10.1. The largest absolute Gasteiger partial charge is 0.325 e. The number of imide groups is 1. The number of hydrogen-bond donors (Lipinski definition) is 1. The summed E-state index contributed by atoms with van der Waals surface area (Å²) >= 11 is 1.32. The summed E-state index contributed by atoms with van der Waals surface area (Å²) < 4.78 is 0. The fourth-order valence-corrected chi connectivity index (χ4v) is 3.39. The molecule has 0 aliphatic carbocycles. The van der Waals surface area contributed by atoms with E-state index in [1.807, 2.05) is 24.3 Å². The summed E-state index contributed by atoms with van der Waals surface area (Å²) in [5, 5.41) is 2.12. The van der Waals surface area contributed by atoms with E-state index in [0.29, 0.717) is 5.69 Å². The van der Waals surface area contributed by atoms with Gasteiger partial charge in [0.2, 0.25) is 17.7 Å². The van der Waals surface area contributed by atoms with Crippen molar-refractivity contribution in [3.8, 4) is 0 Å². The predicted octanol–water partition coefficient (Wildman–Crippen LogP) is 2.07. The zero-order valence-corrected chi connectivity index (χ0v) is 13.8. The van der Waals surface area contributed by atoms with Gasteiger partial charge in [-0.15, -0.1) is 11.8 Å². The highest BCUT2D eigenvalue weighted by atomic mass is 32.2. The summed E-state index contributed by atoms with van der Waals surface area (Å²) in [7, 11) is 0. The van der Waals surface area contributed by atoms with Crippen LogP contribution in [-0.2, 0) is 20.8 Å². The first-order chi connectivity index (χ1) is 10.4. The molecule has 1 aliphatic heterocycles. The Morgan fingerprint density at radius 3 is 2.18 bits per heavy atom. The van der Waals surface area contributed by atoms with Crippen molar-refractivity contribution in [2.24, 2.45) is 0 Å². The highest BCUT2D eigenvalue weighted by Gasteiger charge is 2.37. The molecule has 0 radical (unpaired) electrons. The van der Waals surface area contributed by atoms with Crippen LogP contribution in [0.25, 0.3) is 0 Å². The van der Waals surface area contributed by atoms with Gasteiger partial charge in [0.15, 0.2) is 0 Å². The van der Waals surface area contributed by atoms with Crippen LogP contribution in [0.5, 0.6) is 0 Å². The first-order valence-corrected chi connectivity index (χ1v) is 8.26. The Labute approximate surface area is 134 Å². The smallest absolute Gasteiger partial charge is 0.244 e. The number of carbonyl (C=O) groups excluding carboxylic acids is 3. The average molecular weight is 320 g/mol. The molecule has 1 fully saturated rings. The average Bonchev–Trinajstić information content (AvgIpc) is 2.50. The Bertz CT molecular complexity index is 566. The van der Waals surface area contributed by atoms with E-state index in [2.05, 4.69) is 12.2 Å². The van der Waals surface area contributed by atoms with Gasteiger partial charge in [-0.3, -0.25) is 19.3 Å². The lowest BCUT2D eigenvalue weighted by molar-refractivity contribution is -0.147. The van der Waals surface area contributed by atoms with Crippen molar-refractivity contribution in [1.82, 2.24) is 4.90 Å². The molecule has 2 atom stereocenters. The zero-order chi connectivity index (χ0) is 16.3. The number of amides is 3. The molecule has 3 amide bonds. The molecule has 5 nitrogen and oxygen atoms in total. The van der Waals surface area contributed by atoms with Crippen LogP contribution < -0.4 is 5.32 Å². The van der Waals surface area contributed by atoms with Gasteiger partial charge in [0, 0.05) is 5.69 Å². The normalized spacial score (nSPS) is 21.9. The van der Waals surface area contributed by atoms with E-state index < -0.39 is 0 Å². The number of anilines is 1. The zero-order valence-electron chi connectivity index (χ0n) is 13.0. The minimum Gasteiger partial charge on any atom is -0.325 e. The van der Waals surface area contributed by atoms with Gasteiger partial charge in [0.1, 0.15) is 6.54 Å². The van der Waals surface area contributed by atoms with Crippen molar-refractivity contribution in [3.63, 3.8) is 0 Å². The van der Waals surface area contributed by atoms with Crippen molar-refractivity contribution in [2.75, 3.05) is 11.9 Å².